The summed E-state index contributed by atoms with van der Waals surface area (Å²) in [5, 5.41) is 0. The number of furan rings is 1. The maximum absolute atomic E-state index is 12.9. The maximum Gasteiger partial charge on any atom is 0.289 e. The van der Waals surface area contributed by atoms with Crippen molar-refractivity contribution in [2.24, 2.45) is 0 Å². The molecule has 1 aliphatic rings. The number of carbonyl (C=O) groups excluding carboxylic acids is 1. The average Bonchev–Trinajstić information content (AvgIpc) is 3.23. The summed E-state index contributed by atoms with van der Waals surface area (Å²) in [7, 11) is -3.56. The quantitative estimate of drug-likeness (QED) is 0.495. The summed E-state index contributed by atoms with van der Waals surface area (Å²) >= 11 is 3.30. The van der Waals surface area contributed by atoms with Crippen LogP contribution in [0.4, 0.5) is 5.69 Å². The summed E-state index contributed by atoms with van der Waals surface area (Å²) in [6.45, 7) is 6.86. The number of piperazine rings is 1. The van der Waals surface area contributed by atoms with Crippen molar-refractivity contribution in [1.29, 1.82) is 0 Å². The molecule has 0 spiro atoms. The maximum atomic E-state index is 12.9. The first-order valence-corrected chi connectivity index (χ1v) is 12.9. The molecule has 1 aromatic heterocycles. The molecule has 0 N–H and O–H groups in total. The Morgan fingerprint density at radius 1 is 0.969 bits per heavy atom. The number of aryl methyl sites for hydroxylation is 1. The van der Waals surface area contributed by atoms with Crippen LogP contribution < -0.4 is 4.90 Å². The van der Waals surface area contributed by atoms with Gasteiger partial charge in [-0.25, -0.2) is 8.42 Å². The van der Waals surface area contributed by atoms with Crippen LogP contribution in [0.3, 0.4) is 0 Å². The molecule has 1 aliphatic heterocycles. The van der Waals surface area contributed by atoms with Crippen LogP contribution in [-0.4, -0.2) is 45.4 Å². The second-order valence-electron chi connectivity index (χ2n) is 7.98. The third kappa shape index (κ3) is 4.76. The Bertz CT molecular complexity index is 1230. The van der Waals surface area contributed by atoms with Crippen molar-refractivity contribution in [2.45, 2.75) is 24.5 Å². The monoisotopic (exact) mass is 516 g/mol. The fraction of sp³-hybridized carbons (Fsp3) is 0.292. The van der Waals surface area contributed by atoms with Crippen LogP contribution in [0.5, 0.6) is 0 Å². The van der Waals surface area contributed by atoms with Crippen molar-refractivity contribution in [3.05, 3.63) is 81.7 Å². The van der Waals surface area contributed by atoms with E-state index in [1.54, 1.807) is 41.3 Å². The van der Waals surface area contributed by atoms with Gasteiger partial charge in [-0.05, 0) is 67.4 Å². The summed E-state index contributed by atoms with van der Waals surface area (Å²) in [5.41, 5.74) is 3.72. The highest BCUT2D eigenvalue weighted by atomic mass is 79.9. The van der Waals surface area contributed by atoms with E-state index >= 15 is 0 Å². The number of rotatable bonds is 5. The SMILES string of the molecule is Cc1cccc(N2CCN(C(=O)c3ccc(CS(=O)(=O)c4ccc(Br)cc4)o3)CC2)c1C. The van der Waals surface area contributed by atoms with Gasteiger partial charge in [0.05, 0.1) is 4.90 Å². The van der Waals surface area contributed by atoms with Gasteiger partial charge in [0.2, 0.25) is 0 Å². The number of carbonyl (C=O) groups is 1. The van der Waals surface area contributed by atoms with Crippen LogP contribution in [0.2, 0.25) is 0 Å². The van der Waals surface area contributed by atoms with Gasteiger partial charge in [0.25, 0.3) is 5.91 Å². The van der Waals surface area contributed by atoms with Gasteiger partial charge in [-0.3, -0.25) is 4.79 Å². The lowest BCUT2D eigenvalue weighted by molar-refractivity contribution is 0.0713. The number of halogens is 1. The third-order valence-corrected chi connectivity index (χ3v) is 8.04. The minimum atomic E-state index is -3.56. The number of nitrogens with zero attached hydrogens (tertiary/aromatic N) is 2. The summed E-state index contributed by atoms with van der Waals surface area (Å²) in [6.07, 6.45) is 0. The van der Waals surface area contributed by atoms with Crippen LogP contribution in [0.15, 0.2) is 68.4 Å². The second kappa shape index (κ2) is 9.11. The summed E-state index contributed by atoms with van der Waals surface area (Å²) in [4.78, 5) is 17.2. The minimum absolute atomic E-state index is 0.172. The lowest BCUT2D eigenvalue weighted by atomic mass is 10.1. The zero-order valence-corrected chi connectivity index (χ0v) is 20.4. The fourth-order valence-corrected chi connectivity index (χ4v) is 5.38. The van der Waals surface area contributed by atoms with Crippen LogP contribution in [0, 0.1) is 13.8 Å². The van der Waals surface area contributed by atoms with E-state index in [2.05, 4.69) is 52.9 Å². The van der Waals surface area contributed by atoms with Gasteiger partial charge in [-0.15, -0.1) is 0 Å². The lowest BCUT2D eigenvalue weighted by Gasteiger charge is -2.36. The summed E-state index contributed by atoms with van der Waals surface area (Å²) in [6, 6.07) is 15.9. The van der Waals surface area contributed by atoms with E-state index in [-0.39, 0.29) is 28.1 Å². The van der Waals surface area contributed by atoms with Crippen molar-refractivity contribution in [3.8, 4) is 0 Å². The van der Waals surface area contributed by atoms with E-state index in [9.17, 15) is 13.2 Å². The lowest BCUT2D eigenvalue weighted by Crippen LogP contribution is -2.49. The van der Waals surface area contributed by atoms with Gasteiger partial charge >= 0.3 is 0 Å². The molecular weight excluding hydrogens is 492 g/mol. The molecule has 0 saturated carbocycles. The first kappa shape index (κ1) is 22.6. The zero-order valence-electron chi connectivity index (χ0n) is 18.0. The molecule has 8 heteroatoms. The molecule has 3 aromatic rings. The molecule has 32 heavy (non-hydrogen) atoms. The Kier molecular flexibility index (Phi) is 6.44. The molecule has 0 atom stereocenters. The molecule has 1 saturated heterocycles. The van der Waals surface area contributed by atoms with Gasteiger partial charge in [0, 0.05) is 36.3 Å². The number of hydrogen-bond acceptors (Lipinski definition) is 5. The predicted octanol–water partition coefficient (Wildman–Crippen LogP) is 4.60. The predicted molar refractivity (Wildman–Crippen MR) is 128 cm³/mol. The number of benzene rings is 2. The normalized spacial score (nSPS) is 14.6. The van der Waals surface area contributed by atoms with Crippen LogP contribution in [0.1, 0.15) is 27.4 Å². The van der Waals surface area contributed by atoms with E-state index in [0.29, 0.717) is 13.1 Å². The smallest absolute Gasteiger partial charge is 0.289 e. The molecule has 0 unspecified atom stereocenters. The van der Waals surface area contributed by atoms with E-state index in [4.69, 9.17) is 4.42 Å². The Morgan fingerprint density at radius 3 is 2.34 bits per heavy atom. The minimum Gasteiger partial charge on any atom is -0.455 e. The van der Waals surface area contributed by atoms with Crippen molar-refractivity contribution in [1.82, 2.24) is 4.90 Å². The first-order chi connectivity index (χ1) is 15.2. The molecule has 1 fully saturated rings. The number of sulfone groups is 1. The van der Waals surface area contributed by atoms with Crippen LogP contribution in [-0.2, 0) is 15.6 Å². The van der Waals surface area contributed by atoms with Crippen LogP contribution >= 0.6 is 15.9 Å². The molecule has 2 aromatic carbocycles. The van der Waals surface area contributed by atoms with E-state index in [1.807, 2.05) is 0 Å². The average molecular weight is 517 g/mol. The molecule has 168 valence electrons. The third-order valence-electron chi connectivity index (χ3n) is 5.86. The second-order valence-corrected chi connectivity index (χ2v) is 10.9. The largest absolute Gasteiger partial charge is 0.455 e. The standard InChI is InChI=1S/C24H25BrN2O4S/c1-17-4-3-5-22(18(17)2)26-12-14-27(15-13-26)24(28)23-11-8-20(31-23)16-32(29,30)21-9-6-19(25)7-10-21/h3-11H,12-16H2,1-2H3. The Morgan fingerprint density at radius 2 is 1.66 bits per heavy atom. The highest BCUT2D eigenvalue weighted by Gasteiger charge is 2.26. The molecule has 6 nitrogen and oxygen atoms in total. The number of amides is 1. The molecule has 0 bridgehead atoms. The van der Waals surface area contributed by atoms with Gasteiger partial charge in [0.15, 0.2) is 15.6 Å². The van der Waals surface area contributed by atoms with Gasteiger partial charge < -0.3 is 14.2 Å². The summed E-state index contributed by atoms with van der Waals surface area (Å²) in [5.74, 6) is -0.0723. The van der Waals surface area contributed by atoms with E-state index in [0.717, 1.165) is 17.6 Å². The van der Waals surface area contributed by atoms with E-state index in [1.165, 1.54) is 16.8 Å². The molecule has 0 aliphatic carbocycles. The van der Waals surface area contributed by atoms with Crippen LogP contribution in [0.25, 0.3) is 0 Å². The van der Waals surface area contributed by atoms with Gasteiger partial charge in [0.1, 0.15) is 11.5 Å². The van der Waals surface area contributed by atoms with Crippen molar-refractivity contribution in [3.63, 3.8) is 0 Å². The molecule has 0 radical (unpaired) electrons. The molecule has 4 rings (SSSR count). The highest BCUT2D eigenvalue weighted by Crippen LogP contribution is 2.25. The zero-order chi connectivity index (χ0) is 22.9. The number of hydrogen-bond donors (Lipinski definition) is 0. The molecule has 2 heterocycles. The van der Waals surface area contributed by atoms with E-state index < -0.39 is 9.84 Å². The molecule has 1 amide bonds. The van der Waals surface area contributed by atoms with Gasteiger partial charge in [-0.1, -0.05) is 28.1 Å². The van der Waals surface area contributed by atoms with Crippen molar-refractivity contribution in [2.75, 3.05) is 31.1 Å². The van der Waals surface area contributed by atoms with Crippen molar-refractivity contribution >= 4 is 37.4 Å². The highest BCUT2D eigenvalue weighted by molar-refractivity contribution is 9.10. The topological polar surface area (TPSA) is 70.8 Å². The Hall–Kier alpha value is -2.58. The first-order valence-electron chi connectivity index (χ1n) is 10.4. The summed E-state index contributed by atoms with van der Waals surface area (Å²) < 4.78 is 31.7. The Labute approximate surface area is 196 Å². The Balaban J connectivity index is 1.40. The van der Waals surface area contributed by atoms with Crippen molar-refractivity contribution < 1.29 is 17.6 Å². The fourth-order valence-electron chi connectivity index (χ4n) is 3.87. The number of anilines is 1. The van der Waals surface area contributed by atoms with Gasteiger partial charge in [-0.2, -0.15) is 0 Å². The molecular formula is C24H25BrN2O4S.